The number of amides is 1. The molecule has 1 aromatic heterocycles. The summed E-state index contributed by atoms with van der Waals surface area (Å²) in [4.78, 5) is 21.8. The standard InChI is InChI=1S/C22H26ClFN4O2/c23-17-4-3-16(13-18(17)24)14-26-10-5-22(6-11-26)21-25-7-12-28(21)15-19(30-22)20(29)27-8-1-2-9-27/h3-4,7,12-13,19H,1-2,5-6,8-11,14-15H2/t19-/m1/s1. The van der Waals surface area contributed by atoms with E-state index in [0.29, 0.717) is 13.1 Å². The number of likely N-dealkylation sites (tertiary alicyclic amines) is 2. The molecule has 2 fully saturated rings. The molecule has 1 amide bonds. The molecule has 0 unspecified atom stereocenters. The molecule has 8 heteroatoms. The number of halogens is 2. The Morgan fingerprint density at radius 3 is 2.73 bits per heavy atom. The van der Waals surface area contributed by atoms with E-state index in [9.17, 15) is 9.18 Å². The Morgan fingerprint density at radius 1 is 1.23 bits per heavy atom. The van der Waals surface area contributed by atoms with Gasteiger partial charge in [0.15, 0.2) is 6.10 Å². The van der Waals surface area contributed by atoms with Crippen LogP contribution in [0.25, 0.3) is 0 Å². The molecule has 0 aliphatic carbocycles. The Hall–Kier alpha value is -1.96. The summed E-state index contributed by atoms with van der Waals surface area (Å²) in [5.41, 5.74) is 0.366. The van der Waals surface area contributed by atoms with Crippen LogP contribution in [-0.4, -0.2) is 57.5 Å². The molecule has 1 aromatic carbocycles. The summed E-state index contributed by atoms with van der Waals surface area (Å²) in [6.07, 6.45) is 6.94. The molecule has 30 heavy (non-hydrogen) atoms. The summed E-state index contributed by atoms with van der Waals surface area (Å²) in [5.74, 6) is 0.638. The second-order valence-corrected chi connectivity index (χ2v) is 8.97. The Bertz CT molecular complexity index is 935. The Kier molecular flexibility index (Phi) is 5.29. The van der Waals surface area contributed by atoms with Crippen LogP contribution in [0.2, 0.25) is 5.02 Å². The van der Waals surface area contributed by atoms with E-state index in [2.05, 4.69) is 14.5 Å². The van der Waals surface area contributed by atoms with Gasteiger partial charge in [0, 0.05) is 45.1 Å². The van der Waals surface area contributed by atoms with Gasteiger partial charge in [0.05, 0.1) is 11.6 Å². The van der Waals surface area contributed by atoms with Crippen LogP contribution >= 0.6 is 11.6 Å². The van der Waals surface area contributed by atoms with Gasteiger partial charge in [-0.05, 0) is 43.4 Å². The molecule has 1 spiro atoms. The number of hydrogen-bond donors (Lipinski definition) is 0. The van der Waals surface area contributed by atoms with Crippen LogP contribution in [0.1, 0.15) is 37.1 Å². The smallest absolute Gasteiger partial charge is 0.253 e. The lowest BCUT2D eigenvalue weighted by atomic mass is 9.88. The molecular formula is C22H26ClFN4O2. The molecule has 3 aliphatic rings. The number of ether oxygens (including phenoxy) is 1. The third-order valence-electron chi connectivity index (χ3n) is 6.60. The second kappa shape index (κ2) is 7.94. The van der Waals surface area contributed by atoms with Crippen molar-refractivity contribution in [2.75, 3.05) is 26.2 Å². The number of imidazole rings is 1. The minimum absolute atomic E-state index is 0.102. The lowest BCUT2D eigenvalue weighted by Crippen LogP contribution is -2.54. The minimum Gasteiger partial charge on any atom is -0.352 e. The summed E-state index contributed by atoms with van der Waals surface area (Å²) in [6.45, 7) is 4.43. The third kappa shape index (κ3) is 3.63. The lowest BCUT2D eigenvalue weighted by molar-refractivity contribution is -0.180. The molecule has 6 nitrogen and oxygen atoms in total. The number of benzene rings is 1. The predicted octanol–water partition coefficient (Wildman–Crippen LogP) is 3.19. The van der Waals surface area contributed by atoms with Crippen molar-refractivity contribution in [1.82, 2.24) is 19.4 Å². The quantitative estimate of drug-likeness (QED) is 0.747. The van der Waals surface area contributed by atoms with Crippen molar-refractivity contribution in [2.24, 2.45) is 0 Å². The van der Waals surface area contributed by atoms with Crippen LogP contribution in [0, 0.1) is 5.82 Å². The third-order valence-corrected chi connectivity index (χ3v) is 6.91. The molecule has 0 bridgehead atoms. The predicted molar refractivity (Wildman–Crippen MR) is 111 cm³/mol. The molecule has 2 aromatic rings. The van der Waals surface area contributed by atoms with Crippen LogP contribution < -0.4 is 0 Å². The van der Waals surface area contributed by atoms with Crippen LogP contribution in [0.15, 0.2) is 30.6 Å². The summed E-state index contributed by atoms with van der Waals surface area (Å²) in [7, 11) is 0. The lowest BCUT2D eigenvalue weighted by Gasteiger charge is -2.46. The van der Waals surface area contributed by atoms with E-state index in [1.165, 1.54) is 6.07 Å². The molecule has 0 saturated carbocycles. The SMILES string of the molecule is O=C([C@H]1Cn2ccnc2C2(CCN(Cc3ccc(Cl)c(F)c3)CC2)O1)N1CCCC1. The van der Waals surface area contributed by atoms with Gasteiger partial charge in [0.25, 0.3) is 5.91 Å². The molecule has 4 heterocycles. The largest absolute Gasteiger partial charge is 0.352 e. The molecule has 3 aliphatic heterocycles. The van der Waals surface area contributed by atoms with Gasteiger partial charge in [-0.2, -0.15) is 0 Å². The number of rotatable bonds is 3. The molecule has 5 rings (SSSR count). The van der Waals surface area contributed by atoms with Gasteiger partial charge in [-0.1, -0.05) is 17.7 Å². The van der Waals surface area contributed by atoms with Crippen LogP contribution in [0.3, 0.4) is 0 Å². The highest BCUT2D eigenvalue weighted by molar-refractivity contribution is 6.30. The maximum Gasteiger partial charge on any atom is 0.253 e. The van der Waals surface area contributed by atoms with Crippen molar-refractivity contribution in [3.05, 3.63) is 52.8 Å². The number of fused-ring (bicyclic) bond motifs is 2. The first kappa shape index (κ1) is 20.0. The summed E-state index contributed by atoms with van der Waals surface area (Å²) in [6, 6.07) is 4.97. The highest BCUT2D eigenvalue weighted by Gasteiger charge is 2.47. The van der Waals surface area contributed by atoms with Gasteiger partial charge in [0.2, 0.25) is 0 Å². The fourth-order valence-corrected chi connectivity index (χ4v) is 5.09. The number of aromatic nitrogens is 2. The first-order chi connectivity index (χ1) is 14.5. The van der Waals surface area contributed by atoms with Gasteiger partial charge in [-0.3, -0.25) is 9.69 Å². The average Bonchev–Trinajstić information content (AvgIpc) is 3.44. The van der Waals surface area contributed by atoms with Crippen LogP contribution in [0.5, 0.6) is 0 Å². The maximum atomic E-state index is 13.8. The number of nitrogens with zero attached hydrogens (tertiary/aromatic N) is 4. The Labute approximate surface area is 180 Å². The minimum atomic E-state index is -0.538. The number of carbonyl (C=O) groups excluding carboxylic acids is 1. The fraction of sp³-hybridized carbons (Fsp3) is 0.545. The monoisotopic (exact) mass is 432 g/mol. The van der Waals surface area contributed by atoms with Crippen molar-refractivity contribution in [2.45, 2.75) is 50.5 Å². The molecule has 2 saturated heterocycles. The highest BCUT2D eigenvalue weighted by atomic mass is 35.5. The van der Waals surface area contributed by atoms with E-state index in [0.717, 1.165) is 63.3 Å². The highest BCUT2D eigenvalue weighted by Crippen LogP contribution is 2.40. The zero-order chi connectivity index (χ0) is 20.7. The van der Waals surface area contributed by atoms with Gasteiger partial charge < -0.3 is 14.2 Å². The fourth-order valence-electron chi connectivity index (χ4n) is 4.98. The van der Waals surface area contributed by atoms with E-state index >= 15 is 0 Å². The normalized spacial score (nSPS) is 23.7. The zero-order valence-corrected chi connectivity index (χ0v) is 17.7. The molecule has 160 valence electrons. The van der Waals surface area contributed by atoms with Gasteiger partial charge in [-0.15, -0.1) is 0 Å². The van der Waals surface area contributed by atoms with E-state index in [-0.39, 0.29) is 16.7 Å². The Balaban J connectivity index is 1.30. The molecule has 1 atom stereocenters. The number of hydrogen-bond acceptors (Lipinski definition) is 4. The maximum absolute atomic E-state index is 13.8. The first-order valence-electron chi connectivity index (χ1n) is 10.7. The number of carbonyl (C=O) groups is 1. The van der Waals surface area contributed by atoms with Gasteiger partial charge in [0.1, 0.15) is 17.2 Å². The zero-order valence-electron chi connectivity index (χ0n) is 16.9. The van der Waals surface area contributed by atoms with Crippen molar-refractivity contribution < 1.29 is 13.9 Å². The average molecular weight is 433 g/mol. The van der Waals surface area contributed by atoms with E-state index < -0.39 is 11.7 Å². The van der Waals surface area contributed by atoms with Gasteiger partial charge >= 0.3 is 0 Å². The van der Waals surface area contributed by atoms with Crippen molar-refractivity contribution in [1.29, 1.82) is 0 Å². The molecular weight excluding hydrogens is 407 g/mol. The van der Waals surface area contributed by atoms with Crippen LogP contribution in [0.4, 0.5) is 4.39 Å². The van der Waals surface area contributed by atoms with E-state index in [1.807, 2.05) is 17.2 Å². The topological polar surface area (TPSA) is 50.6 Å². The molecule has 0 radical (unpaired) electrons. The van der Waals surface area contributed by atoms with Crippen molar-refractivity contribution >= 4 is 17.5 Å². The summed E-state index contributed by atoms with van der Waals surface area (Å²) >= 11 is 5.80. The van der Waals surface area contributed by atoms with E-state index in [4.69, 9.17) is 16.3 Å². The van der Waals surface area contributed by atoms with Crippen LogP contribution in [-0.2, 0) is 28.2 Å². The Morgan fingerprint density at radius 2 is 2.00 bits per heavy atom. The molecule has 0 N–H and O–H groups in total. The van der Waals surface area contributed by atoms with E-state index in [1.54, 1.807) is 12.3 Å². The second-order valence-electron chi connectivity index (χ2n) is 8.56. The van der Waals surface area contributed by atoms with Crippen molar-refractivity contribution in [3.63, 3.8) is 0 Å². The van der Waals surface area contributed by atoms with Gasteiger partial charge in [-0.25, -0.2) is 9.37 Å². The van der Waals surface area contributed by atoms with Crippen molar-refractivity contribution in [3.8, 4) is 0 Å². The summed E-state index contributed by atoms with van der Waals surface area (Å²) < 4.78 is 22.4. The summed E-state index contributed by atoms with van der Waals surface area (Å²) in [5, 5.41) is 0.146. The number of piperidine rings is 1. The first-order valence-corrected chi connectivity index (χ1v) is 11.1.